The Balaban J connectivity index is 1.66. The molecule has 2 heterocycles. The fourth-order valence-corrected chi connectivity index (χ4v) is 6.80. The lowest BCUT2D eigenvalue weighted by Gasteiger charge is -2.30. The molecular formula is C26H31N3O7S. The van der Waals surface area contributed by atoms with Gasteiger partial charge in [-0.2, -0.15) is 4.31 Å². The molecule has 2 aromatic rings. The minimum absolute atomic E-state index is 0.0666. The van der Waals surface area contributed by atoms with Crippen LogP contribution in [0.15, 0.2) is 59.5 Å². The summed E-state index contributed by atoms with van der Waals surface area (Å²) in [6.07, 6.45) is 0. The molecule has 0 spiro atoms. The lowest BCUT2D eigenvalue weighted by atomic mass is 9.81. The Morgan fingerprint density at radius 3 is 2.27 bits per heavy atom. The van der Waals surface area contributed by atoms with Crippen molar-refractivity contribution in [1.29, 1.82) is 0 Å². The van der Waals surface area contributed by atoms with Gasteiger partial charge in [0.1, 0.15) is 11.3 Å². The number of rotatable bonds is 9. The number of fused-ring (bicyclic) bond motifs is 1. The molecule has 10 nitrogen and oxygen atoms in total. The number of likely N-dealkylation sites (N-methyl/N-ethyl adjacent to an activating group) is 1. The molecule has 198 valence electrons. The highest BCUT2D eigenvalue weighted by Crippen LogP contribution is 2.44. The first-order chi connectivity index (χ1) is 17.6. The van der Waals surface area contributed by atoms with Crippen LogP contribution in [0.25, 0.3) is 0 Å². The number of methoxy groups -OCH3 is 2. The summed E-state index contributed by atoms with van der Waals surface area (Å²) < 4.78 is 38.2. The van der Waals surface area contributed by atoms with Crippen molar-refractivity contribution in [1.82, 2.24) is 14.5 Å². The molecule has 0 aromatic heterocycles. The number of imide groups is 1. The molecule has 37 heavy (non-hydrogen) atoms. The smallest absolute Gasteiger partial charge is 0.326 e. The van der Waals surface area contributed by atoms with Crippen molar-refractivity contribution in [3.05, 3.63) is 60.2 Å². The van der Waals surface area contributed by atoms with Crippen LogP contribution in [0.3, 0.4) is 0 Å². The van der Waals surface area contributed by atoms with Gasteiger partial charge in [0.25, 0.3) is 0 Å². The van der Waals surface area contributed by atoms with Crippen LogP contribution in [0.4, 0.5) is 0 Å². The number of benzene rings is 2. The van der Waals surface area contributed by atoms with Crippen LogP contribution in [0.2, 0.25) is 0 Å². The van der Waals surface area contributed by atoms with E-state index in [0.29, 0.717) is 5.75 Å². The van der Waals surface area contributed by atoms with Gasteiger partial charge >= 0.3 is 5.97 Å². The first-order valence-corrected chi connectivity index (χ1v) is 13.4. The number of sulfonamides is 1. The second-order valence-corrected chi connectivity index (χ2v) is 11.3. The van der Waals surface area contributed by atoms with Crippen LogP contribution in [-0.2, 0) is 35.7 Å². The molecule has 0 aliphatic carbocycles. The van der Waals surface area contributed by atoms with E-state index in [1.165, 1.54) is 37.6 Å². The molecule has 2 amide bonds. The molecule has 2 saturated heterocycles. The molecule has 1 N–H and O–H groups in total. The van der Waals surface area contributed by atoms with Gasteiger partial charge in [0, 0.05) is 19.1 Å². The zero-order valence-corrected chi connectivity index (χ0v) is 22.0. The number of ether oxygens (including phenoxy) is 2. The summed E-state index contributed by atoms with van der Waals surface area (Å²) in [6, 6.07) is 14.3. The number of nitrogens with one attached hydrogen (secondary N) is 1. The van der Waals surface area contributed by atoms with E-state index >= 15 is 0 Å². The molecule has 2 aliphatic rings. The van der Waals surface area contributed by atoms with Crippen LogP contribution in [0.5, 0.6) is 5.75 Å². The molecule has 2 aromatic carbocycles. The number of esters is 1. The van der Waals surface area contributed by atoms with E-state index in [0.717, 1.165) is 10.5 Å². The quantitative estimate of drug-likeness (QED) is 0.382. The zero-order chi connectivity index (χ0) is 27.0. The first-order valence-electron chi connectivity index (χ1n) is 12.0. The largest absolute Gasteiger partial charge is 0.497 e. The van der Waals surface area contributed by atoms with Gasteiger partial charge in [-0.3, -0.25) is 24.6 Å². The van der Waals surface area contributed by atoms with Gasteiger partial charge in [0.2, 0.25) is 21.8 Å². The van der Waals surface area contributed by atoms with Crippen molar-refractivity contribution in [3.8, 4) is 5.75 Å². The lowest BCUT2D eigenvalue weighted by molar-refractivity contribution is -0.153. The van der Waals surface area contributed by atoms with E-state index in [2.05, 4.69) is 5.32 Å². The average molecular weight is 530 g/mol. The van der Waals surface area contributed by atoms with Gasteiger partial charge in [-0.25, -0.2) is 8.42 Å². The summed E-state index contributed by atoms with van der Waals surface area (Å²) in [5.41, 5.74) is -0.725. The fraction of sp³-hybridized carbons (Fsp3) is 0.423. The van der Waals surface area contributed by atoms with Crippen molar-refractivity contribution in [3.63, 3.8) is 0 Å². The Kier molecular flexibility index (Phi) is 7.40. The van der Waals surface area contributed by atoms with Crippen LogP contribution >= 0.6 is 0 Å². The summed E-state index contributed by atoms with van der Waals surface area (Å²) in [6.45, 7) is 3.29. The first kappa shape index (κ1) is 26.8. The van der Waals surface area contributed by atoms with Gasteiger partial charge in [0.15, 0.2) is 0 Å². The van der Waals surface area contributed by atoms with E-state index in [9.17, 15) is 22.8 Å². The SMILES string of the molecule is CCN(C[C@H]1N[C@@](C)(C(=O)OC)[C@H]2C(=O)N(Cc3ccccc3)C(=O)[C@@H]12)S(=O)(=O)c1ccc(OC)cc1. The number of nitrogens with zero attached hydrogens (tertiary/aromatic N) is 2. The summed E-state index contributed by atoms with van der Waals surface area (Å²) in [5, 5.41) is 3.10. The number of likely N-dealkylation sites (tertiary alicyclic amines) is 1. The Bertz CT molecular complexity index is 1280. The van der Waals surface area contributed by atoms with Gasteiger partial charge in [-0.05, 0) is 36.8 Å². The maximum atomic E-state index is 13.6. The van der Waals surface area contributed by atoms with E-state index in [1.807, 2.05) is 30.3 Å². The summed E-state index contributed by atoms with van der Waals surface area (Å²) in [7, 11) is -1.23. The number of hydrogen-bond acceptors (Lipinski definition) is 8. The predicted molar refractivity (Wildman–Crippen MR) is 134 cm³/mol. The van der Waals surface area contributed by atoms with Gasteiger partial charge in [-0.15, -0.1) is 0 Å². The highest BCUT2D eigenvalue weighted by atomic mass is 32.2. The molecule has 0 radical (unpaired) electrons. The minimum Gasteiger partial charge on any atom is -0.497 e. The lowest BCUT2D eigenvalue weighted by Crippen LogP contribution is -2.56. The Morgan fingerprint density at radius 1 is 1.05 bits per heavy atom. The minimum atomic E-state index is -3.94. The second-order valence-electron chi connectivity index (χ2n) is 9.33. The fourth-order valence-electron chi connectivity index (χ4n) is 5.32. The molecule has 2 fully saturated rings. The highest BCUT2D eigenvalue weighted by molar-refractivity contribution is 7.89. The summed E-state index contributed by atoms with van der Waals surface area (Å²) in [5.74, 6) is -3.05. The van der Waals surface area contributed by atoms with Gasteiger partial charge in [0.05, 0.1) is 37.5 Å². The molecule has 2 aliphatic heterocycles. The summed E-state index contributed by atoms with van der Waals surface area (Å²) in [4.78, 5) is 41.2. The van der Waals surface area contributed by atoms with E-state index in [-0.39, 0.29) is 24.5 Å². The Morgan fingerprint density at radius 2 is 1.70 bits per heavy atom. The standard InChI is InChI=1S/C26H31N3O7S/c1-5-28(37(33,34)19-13-11-18(35-3)12-14-19)16-20-21-22(26(2,27-20)25(32)36-4)24(31)29(23(21)30)15-17-9-7-6-8-10-17/h6-14,20-22,27H,5,15-16H2,1-4H3/t20-,21+,22-,26-/m1/s1. The maximum absolute atomic E-state index is 13.6. The van der Waals surface area contributed by atoms with Gasteiger partial charge in [-0.1, -0.05) is 37.3 Å². The number of hydrogen-bond donors (Lipinski definition) is 1. The van der Waals surface area contributed by atoms with E-state index < -0.39 is 51.2 Å². The van der Waals surface area contributed by atoms with E-state index in [4.69, 9.17) is 9.47 Å². The van der Waals surface area contributed by atoms with Crippen LogP contribution < -0.4 is 10.1 Å². The molecule has 11 heteroatoms. The normalized spacial score (nSPS) is 25.4. The van der Waals surface area contributed by atoms with Crippen LogP contribution in [0, 0.1) is 11.8 Å². The molecule has 0 bridgehead atoms. The van der Waals surface area contributed by atoms with Crippen molar-refractivity contribution in [2.24, 2.45) is 11.8 Å². The molecule has 4 rings (SSSR count). The third kappa shape index (κ3) is 4.62. The Labute approximate surface area is 216 Å². The zero-order valence-electron chi connectivity index (χ0n) is 21.2. The molecule has 0 unspecified atom stereocenters. The van der Waals surface area contributed by atoms with Crippen molar-refractivity contribution >= 4 is 27.8 Å². The number of carbonyl (C=O) groups is 3. The second kappa shape index (κ2) is 10.2. The summed E-state index contributed by atoms with van der Waals surface area (Å²) >= 11 is 0. The van der Waals surface area contributed by atoms with Crippen molar-refractivity contribution in [2.75, 3.05) is 27.3 Å². The molecular weight excluding hydrogens is 498 g/mol. The number of carbonyl (C=O) groups excluding carboxylic acids is 3. The third-order valence-corrected chi connectivity index (χ3v) is 9.18. The van der Waals surface area contributed by atoms with Gasteiger partial charge < -0.3 is 9.47 Å². The van der Waals surface area contributed by atoms with E-state index in [1.54, 1.807) is 19.1 Å². The van der Waals surface area contributed by atoms with Crippen molar-refractivity contribution < 1.29 is 32.3 Å². The average Bonchev–Trinajstić information content (AvgIpc) is 3.35. The third-order valence-electron chi connectivity index (χ3n) is 7.23. The van der Waals surface area contributed by atoms with Crippen LogP contribution in [0.1, 0.15) is 19.4 Å². The molecule has 4 atom stereocenters. The highest BCUT2D eigenvalue weighted by Gasteiger charge is 2.66. The predicted octanol–water partition coefficient (Wildman–Crippen LogP) is 1.41. The topological polar surface area (TPSA) is 122 Å². The monoisotopic (exact) mass is 529 g/mol. The number of amides is 2. The van der Waals surface area contributed by atoms with Crippen LogP contribution in [-0.4, -0.2) is 74.3 Å². The Hall–Kier alpha value is -3.28. The molecule has 0 saturated carbocycles. The maximum Gasteiger partial charge on any atom is 0.326 e. The van der Waals surface area contributed by atoms with Crippen molar-refractivity contribution in [2.45, 2.75) is 36.9 Å².